The average Bonchev–Trinajstić information content (AvgIpc) is 3.42. The summed E-state index contributed by atoms with van der Waals surface area (Å²) in [5.41, 5.74) is 0. The summed E-state index contributed by atoms with van der Waals surface area (Å²) in [5, 5.41) is 1.77. The maximum Gasteiger partial charge on any atom is 0.250 e. The van der Waals surface area contributed by atoms with E-state index < -0.39 is 10.0 Å². The van der Waals surface area contributed by atoms with Crippen LogP contribution in [-0.2, 0) is 14.8 Å². The molecule has 2 aliphatic carbocycles. The Kier molecular flexibility index (Phi) is 6.40. The van der Waals surface area contributed by atoms with Crippen LogP contribution in [0.1, 0.15) is 51.4 Å². The molecule has 3 fully saturated rings. The second-order valence-corrected chi connectivity index (χ2v) is 11.3. The zero-order valence-electron chi connectivity index (χ0n) is 16.4. The van der Waals surface area contributed by atoms with E-state index in [1.807, 2.05) is 4.90 Å². The standard InChI is InChI=1S/C20H31N3O3S2/c24-20(23-13-11-22(12-14-23)18-4-1-2-5-18)16-7-9-17(10-8-16)21-28(25,26)19-6-3-15-27-19/h3,6,15-18,21H,1-2,4-5,7-14H2/t16-,17-. The van der Waals surface area contributed by atoms with Crippen molar-refractivity contribution in [3.05, 3.63) is 17.5 Å². The maximum atomic E-state index is 12.9. The summed E-state index contributed by atoms with van der Waals surface area (Å²) in [7, 11) is -3.42. The van der Waals surface area contributed by atoms with Gasteiger partial charge in [-0.2, -0.15) is 0 Å². The van der Waals surface area contributed by atoms with Gasteiger partial charge in [-0.05, 0) is 50.0 Å². The van der Waals surface area contributed by atoms with Crippen molar-refractivity contribution in [2.45, 2.75) is 67.7 Å². The number of nitrogens with zero attached hydrogens (tertiary/aromatic N) is 2. The number of carbonyl (C=O) groups is 1. The first kappa shape index (κ1) is 20.3. The maximum absolute atomic E-state index is 12.9. The van der Waals surface area contributed by atoms with Crippen LogP contribution in [0.15, 0.2) is 21.7 Å². The van der Waals surface area contributed by atoms with E-state index in [0.29, 0.717) is 4.21 Å². The summed E-state index contributed by atoms with van der Waals surface area (Å²) < 4.78 is 28.0. The zero-order chi connectivity index (χ0) is 19.6. The van der Waals surface area contributed by atoms with E-state index in [9.17, 15) is 13.2 Å². The molecule has 6 nitrogen and oxygen atoms in total. The Labute approximate surface area is 172 Å². The molecule has 1 amide bonds. The molecule has 2 saturated carbocycles. The van der Waals surface area contributed by atoms with Crippen molar-refractivity contribution < 1.29 is 13.2 Å². The second-order valence-electron chi connectivity index (χ2n) is 8.40. The predicted octanol–water partition coefficient (Wildman–Crippen LogP) is 2.67. The van der Waals surface area contributed by atoms with E-state index in [0.717, 1.165) is 57.9 Å². The summed E-state index contributed by atoms with van der Waals surface area (Å²) in [4.78, 5) is 17.6. The van der Waals surface area contributed by atoms with Gasteiger partial charge in [0, 0.05) is 44.2 Å². The van der Waals surface area contributed by atoms with Gasteiger partial charge in [-0.3, -0.25) is 9.69 Å². The Balaban J connectivity index is 1.23. The van der Waals surface area contributed by atoms with Gasteiger partial charge >= 0.3 is 0 Å². The molecule has 28 heavy (non-hydrogen) atoms. The van der Waals surface area contributed by atoms with E-state index >= 15 is 0 Å². The van der Waals surface area contributed by atoms with Crippen LogP contribution in [0.4, 0.5) is 0 Å². The molecule has 0 aromatic carbocycles. The van der Waals surface area contributed by atoms with Crippen LogP contribution in [0.3, 0.4) is 0 Å². The van der Waals surface area contributed by atoms with Gasteiger partial charge in [0.25, 0.3) is 0 Å². The first-order valence-electron chi connectivity index (χ1n) is 10.6. The van der Waals surface area contributed by atoms with E-state index in [-0.39, 0.29) is 17.9 Å². The van der Waals surface area contributed by atoms with Crippen LogP contribution < -0.4 is 4.72 Å². The Morgan fingerprint density at radius 1 is 1.00 bits per heavy atom. The number of carbonyl (C=O) groups excluding carboxylic acids is 1. The number of hydrogen-bond acceptors (Lipinski definition) is 5. The van der Waals surface area contributed by atoms with Gasteiger partial charge in [0.05, 0.1) is 0 Å². The minimum absolute atomic E-state index is 0.0560. The molecule has 8 heteroatoms. The monoisotopic (exact) mass is 425 g/mol. The van der Waals surface area contributed by atoms with Crippen LogP contribution in [0.5, 0.6) is 0 Å². The molecule has 1 saturated heterocycles. The largest absolute Gasteiger partial charge is 0.340 e. The first-order chi connectivity index (χ1) is 13.5. The van der Waals surface area contributed by atoms with Gasteiger partial charge in [0.2, 0.25) is 15.9 Å². The minimum atomic E-state index is -3.42. The molecule has 0 bridgehead atoms. The predicted molar refractivity (Wildman–Crippen MR) is 111 cm³/mol. The van der Waals surface area contributed by atoms with Gasteiger partial charge < -0.3 is 4.90 Å². The van der Waals surface area contributed by atoms with Crippen molar-refractivity contribution in [2.24, 2.45) is 5.92 Å². The Morgan fingerprint density at radius 3 is 2.29 bits per heavy atom. The number of amides is 1. The summed E-state index contributed by atoms with van der Waals surface area (Å²) in [6.45, 7) is 3.71. The quantitative estimate of drug-likeness (QED) is 0.787. The number of thiophene rings is 1. The van der Waals surface area contributed by atoms with Crippen molar-refractivity contribution in [3.63, 3.8) is 0 Å². The van der Waals surface area contributed by atoms with Gasteiger partial charge in [-0.15, -0.1) is 11.3 Å². The van der Waals surface area contributed by atoms with E-state index in [1.165, 1.54) is 37.0 Å². The average molecular weight is 426 g/mol. The summed E-state index contributed by atoms with van der Waals surface area (Å²) in [6.07, 6.45) is 8.37. The minimum Gasteiger partial charge on any atom is -0.340 e. The molecule has 1 N–H and O–H groups in total. The van der Waals surface area contributed by atoms with Gasteiger partial charge in [-0.25, -0.2) is 13.1 Å². The molecule has 3 aliphatic rings. The molecule has 1 aromatic rings. The van der Waals surface area contributed by atoms with Crippen LogP contribution in [0, 0.1) is 5.92 Å². The summed E-state index contributed by atoms with van der Waals surface area (Å²) in [6, 6.07) is 4.06. The number of sulfonamides is 1. The molecule has 2 heterocycles. The van der Waals surface area contributed by atoms with E-state index in [2.05, 4.69) is 9.62 Å². The Bertz CT molecular complexity index is 744. The lowest BCUT2D eigenvalue weighted by atomic mass is 9.85. The normalized spacial score (nSPS) is 27.9. The molecule has 156 valence electrons. The fourth-order valence-corrected chi connectivity index (χ4v) is 7.30. The zero-order valence-corrected chi connectivity index (χ0v) is 18.0. The van der Waals surface area contributed by atoms with Crippen molar-refractivity contribution in [3.8, 4) is 0 Å². The van der Waals surface area contributed by atoms with Gasteiger partial charge in [0.1, 0.15) is 4.21 Å². The molecule has 0 unspecified atom stereocenters. The third-order valence-electron chi connectivity index (χ3n) is 6.63. The third kappa shape index (κ3) is 4.61. The smallest absolute Gasteiger partial charge is 0.250 e. The number of piperazine rings is 1. The molecule has 4 rings (SSSR count). The third-order valence-corrected chi connectivity index (χ3v) is 9.54. The van der Waals surface area contributed by atoms with Crippen LogP contribution in [0.2, 0.25) is 0 Å². The molecular weight excluding hydrogens is 394 g/mol. The Morgan fingerprint density at radius 2 is 1.68 bits per heavy atom. The first-order valence-corrected chi connectivity index (χ1v) is 13.0. The molecular formula is C20H31N3O3S2. The van der Waals surface area contributed by atoms with Crippen LogP contribution >= 0.6 is 11.3 Å². The molecule has 1 aliphatic heterocycles. The highest BCUT2D eigenvalue weighted by molar-refractivity contribution is 7.91. The van der Waals surface area contributed by atoms with E-state index in [4.69, 9.17) is 0 Å². The second kappa shape index (κ2) is 8.81. The van der Waals surface area contributed by atoms with Crippen molar-refractivity contribution in [1.29, 1.82) is 0 Å². The van der Waals surface area contributed by atoms with Crippen LogP contribution in [-0.4, -0.2) is 62.4 Å². The highest BCUT2D eigenvalue weighted by Gasteiger charge is 2.34. The lowest BCUT2D eigenvalue weighted by Crippen LogP contribution is -2.53. The number of nitrogens with one attached hydrogen (secondary N) is 1. The summed E-state index contributed by atoms with van der Waals surface area (Å²) in [5.74, 6) is 0.339. The van der Waals surface area contributed by atoms with Crippen molar-refractivity contribution in [1.82, 2.24) is 14.5 Å². The molecule has 0 atom stereocenters. The fraction of sp³-hybridized carbons (Fsp3) is 0.750. The number of rotatable bonds is 5. The van der Waals surface area contributed by atoms with Crippen molar-refractivity contribution in [2.75, 3.05) is 26.2 Å². The fourth-order valence-electron chi connectivity index (χ4n) is 4.99. The lowest BCUT2D eigenvalue weighted by Gasteiger charge is -2.40. The Hall–Kier alpha value is -0.960. The summed E-state index contributed by atoms with van der Waals surface area (Å²) >= 11 is 1.24. The SMILES string of the molecule is O=C([C@H]1CC[C@H](NS(=O)(=O)c2cccs2)CC1)N1CCN(C2CCCC2)CC1. The van der Waals surface area contributed by atoms with Crippen LogP contribution in [0.25, 0.3) is 0 Å². The highest BCUT2D eigenvalue weighted by Crippen LogP contribution is 2.29. The topological polar surface area (TPSA) is 69.7 Å². The lowest BCUT2D eigenvalue weighted by molar-refractivity contribution is -0.138. The van der Waals surface area contributed by atoms with Gasteiger partial charge in [-0.1, -0.05) is 18.9 Å². The van der Waals surface area contributed by atoms with E-state index in [1.54, 1.807) is 17.5 Å². The highest BCUT2D eigenvalue weighted by atomic mass is 32.2. The van der Waals surface area contributed by atoms with Gasteiger partial charge in [0.15, 0.2) is 0 Å². The molecule has 0 radical (unpaired) electrons. The molecule has 1 aromatic heterocycles. The van der Waals surface area contributed by atoms with Crippen molar-refractivity contribution >= 4 is 27.3 Å². The molecule has 0 spiro atoms. The number of hydrogen-bond donors (Lipinski definition) is 1.